The third-order valence-electron chi connectivity index (χ3n) is 7.41. The number of carbonyl (C=O) groups excluding carboxylic acids is 1. The molecule has 0 aliphatic carbocycles. The van der Waals surface area contributed by atoms with E-state index < -0.39 is 17.6 Å². The molecule has 2 aromatic carbocycles. The van der Waals surface area contributed by atoms with Crippen LogP contribution in [-0.2, 0) is 6.18 Å². The van der Waals surface area contributed by atoms with E-state index in [-0.39, 0.29) is 16.8 Å². The molecule has 0 saturated carbocycles. The van der Waals surface area contributed by atoms with Crippen molar-refractivity contribution >= 4 is 29.1 Å². The van der Waals surface area contributed by atoms with Gasteiger partial charge in [-0.15, -0.1) is 0 Å². The van der Waals surface area contributed by atoms with E-state index in [0.717, 1.165) is 37.6 Å². The number of anilines is 2. The normalized spacial score (nSPS) is 14.1. The summed E-state index contributed by atoms with van der Waals surface area (Å²) in [5, 5.41) is 20.4. The molecule has 4 aromatic rings. The summed E-state index contributed by atoms with van der Waals surface area (Å²) in [5.74, 6) is 5.69. The number of alkyl halides is 3. The van der Waals surface area contributed by atoms with Gasteiger partial charge < -0.3 is 26.7 Å². The zero-order valence-electron chi connectivity index (χ0n) is 24.3. The van der Waals surface area contributed by atoms with Crippen LogP contribution in [0.5, 0.6) is 0 Å². The van der Waals surface area contributed by atoms with E-state index in [0.29, 0.717) is 34.3 Å². The summed E-state index contributed by atoms with van der Waals surface area (Å²) in [4.78, 5) is 17.5. The van der Waals surface area contributed by atoms with Crippen LogP contribution in [0.15, 0.2) is 72.8 Å². The Morgan fingerprint density at radius 1 is 1.07 bits per heavy atom. The number of benzene rings is 2. The molecule has 0 bridgehead atoms. The molecule has 0 unspecified atom stereocenters. The highest BCUT2D eigenvalue weighted by molar-refractivity contribution is 6.04. The zero-order chi connectivity index (χ0) is 31.3. The second-order valence-corrected chi connectivity index (χ2v) is 10.6. The van der Waals surface area contributed by atoms with Gasteiger partial charge in [-0.1, -0.05) is 18.1 Å². The molecule has 0 atom stereocenters. The van der Waals surface area contributed by atoms with Crippen molar-refractivity contribution in [3.05, 3.63) is 106 Å². The molecule has 1 aliphatic heterocycles. The molecule has 8 nitrogen and oxygen atoms in total. The van der Waals surface area contributed by atoms with Gasteiger partial charge in [0.25, 0.3) is 5.91 Å². The molecule has 11 heteroatoms. The smallest absolute Gasteiger partial charge is 0.386 e. The first kappa shape index (κ1) is 30.4. The van der Waals surface area contributed by atoms with Gasteiger partial charge in [0.15, 0.2) is 5.65 Å². The number of rotatable bonds is 7. The number of aryl methyl sites for hydroxylation is 2. The van der Waals surface area contributed by atoms with Gasteiger partial charge in [0.2, 0.25) is 0 Å². The van der Waals surface area contributed by atoms with Gasteiger partial charge in [-0.25, -0.2) is 4.98 Å². The lowest BCUT2D eigenvalue weighted by Crippen LogP contribution is -2.38. The minimum absolute atomic E-state index is 0.0550. The first-order valence-corrected chi connectivity index (χ1v) is 14.1. The predicted octanol–water partition coefficient (Wildman–Crippen LogP) is 5.87. The average molecular weight is 600 g/mol. The van der Waals surface area contributed by atoms with Gasteiger partial charge in [-0.3, -0.25) is 9.20 Å². The van der Waals surface area contributed by atoms with Crippen molar-refractivity contribution in [3.63, 3.8) is 0 Å². The highest BCUT2D eigenvalue weighted by Gasteiger charge is 2.32. The summed E-state index contributed by atoms with van der Waals surface area (Å²) in [5.41, 5.74) is 3.59. The van der Waals surface area contributed by atoms with Crippen molar-refractivity contribution in [2.45, 2.75) is 38.9 Å². The lowest BCUT2D eigenvalue weighted by atomic mass is 10.0. The van der Waals surface area contributed by atoms with Crippen LogP contribution in [0.2, 0.25) is 0 Å². The summed E-state index contributed by atoms with van der Waals surface area (Å²) in [6.07, 6.45) is 4.07. The Bertz CT molecular complexity index is 1790. The van der Waals surface area contributed by atoms with Crippen molar-refractivity contribution in [1.29, 1.82) is 5.41 Å². The molecular weight excluding hydrogens is 567 g/mol. The maximum absolute atomic E-state index is 13.3. The Morgan fingerprint density at radius 2 is 1.84 bits per heavy atom. The van der Waals surface area contributed by atoms with Gasteiger partial charge in [0, 0.05) is 41.5 Å². The van der Waals surface area contributed by atoms with Crippen LogP contribution < -0.4 is 21.3 Å². The molecule has 1 aliphatic rings. The van der Waals surface area contributed by atoms with Gasteiger partial charge in [-0.2, -0.15) is 13.2 Å². The SMILES string of the molecule is Cc1ccc(C(=O)Nc2ccc(C)c(C(F)(F)F)c2)cc1C#Cc1cnc2c(N/C(C=N)=C/NC3CCNCC3)cccn12. The molecule has 5 rings (SSSR count). The lowest BCUT2D eigenvalue weighted by molar-refractivity contribution is -0.138. The molecule has 1 saturated heterocycles. The molecule has 1 fully saturated rings. The van der Waals surface area contributed by atoms with Crippen LogP contribution in [0.1, 0.15) is 51.1 Å². The van der Waals surface area contributed by atoms with Crippen LogP contribution in [-0.4, -0.2) is 40.6 Å². The van der Waals surface area contributed by atoms with Crippen LogP contribution in [0.4, 0.5) is 24.5 Å². The van der Waals surface area contributed by atoms with Gasteiger partial charge in [0.1, 0.15) is 5.69 Å². The highest BCUT2D eigenvalue weighted by atomic mass is 19.4. The molecule has 1 amide bonds. The van der Waals surface area contributed by atoms with Gasteiger partial charge in [0.05, 0.1) is 23.1 Å². The van der Waals surface area contributed by atoms with Crippen LogP contribution >= 0.6 is 0 Å². The molecule has 3 heterocycles. The third kappa shape index (κ3) is 7.10. The molecule has 0 radical (unpaired) electrons. The Labute approximate surface area is 253 Å². The number of nitrogens with zero attached hydrogens (tertiary/aromatic N) is 2. The number of aromatic nitrogens is 2. The van der Waals surface area contributed by atoms with Crippen molar-refractivity contribution in [3.8, 4) is 11.8 Å². The molecule has 2 aromatic heterocycles. The number of imidazole rings is 1. The zero-order valence-corrected chi connectivity index (χ0v) is 24.3. The van der Waals surface area contributed by atoms with Crippen molar-refractivity contribution < 1.29 is 18.0 Å². The minimum Gasteiger partial charge on any atom is -0.386 e. The summed E-state index contributed by atoms with van der Waals surface area (Å²) in [7, 11) is 0. The van der Waals surface area contributed by atoms with Crippen molar-refractivity contribution in [2.75, 3.05) is 23.7 Å². The van der Waals surface area contributed by atoms with E-state index in [1.54, 1.807) is 24.4 Å². The topological polar surface area (TPSA) is 106 Å². The van der Waals surface area contributed by atoms with E-state index in [2.05, 4.69) is 38.1 Å². The fraction of sp³-hybridized carbons (Fsp3) is 0.242. The molecule has 226 valence electrons. The Kier molecular flexibility index (Phi) is 9.01. The van der Waals surface area contributed by atoms with E-state index in [9.17, 15) is 18.0 Å². The number of hydrogen-bond donors (Lipinski definition) is 5. The maximum Gasteiger partial charge on any atom is 0.416 e. The molecule has 5 N–H and O–H groups in total. The highest BCUT2D eigenvalue weighted by Crippen LogP contribution is 2.33. The third-order valence-corrected chi connectivity index (χ3v) is 7.41. The second-order valence-electron chi connectivity index (χ2n) is 10.6. The minimum atomic E-state index is -4.52. The number of hydrogen-bond acceptors (Lipinski definition) is 6. The number of fused-ring (bicyclic) bond motifs is 1. The maximum atomic E-state index is 13.3. The lowest BCUT2D eigenvalue weighted by Gasteiger charge is -2.23. The summed E-state index contributed by atoms with van der Waals surface area (Å²) < 4.78 is 41.8. The summed E-state index contributed by atoms with van der Waals surface area (Å²) >= 11 is 0. The number of pyridine rings is 1. The Hall–Kier alpha value is -5.08. The first-order valence-electron chi connectivity index (χ1n) is 14.1. The van der Waals surface area contributed by atoms with Gasteiger partial charge in [-0.05, 0) is 93.2 Å². The standard InChI is InChI=1S/C33H32F3N7O/c1-21-5-7-24(32(44)42-26-9-6-22(2)29(17-26)33(34,35)36)16-23(21)8-10-28-20-40-31-30(4-3-15-43(28)31)41-27(18-37)19-39-25-11-13-38-14-12-25/h3-7,9,15-20,25,37-39,41H,11-14H2,1-2H3,(H,42,44)/b27-19+,37-18?. The fourth-order valence-electron chi connectivity index (χ4n) is 4.90. The van der Waals surface area contributed by atoms with E-state index in [1.165, 1.54) is 25.3 Å². The van der Waals surface area contributed by atoms with E-state index in [1.807, 2.05) is 35.9 Å². The number of carbonyl (C=O) groups is 1. The molecular formula is C33H32F3N7O. The molecule has 44 heavy (non-hydrogen) atoms. The van der Waals surface area contributed by atoms with E-state index >= 15 is 0 Å². The Morgan fingerprint density at radius 3 is 2.59 bits per heavy atom. The van der Waals surface area contributed by atoms with Crippen LogP contribution in [0.3, 0.4) is 0 Å². The number of amides is 1. The predicted molar refractivity (Wildman–Crippen MR) is 166 cm³/mol. The largest absolute Gasteiger partial charge is 0.416 e. The summed E-state index contributed by atoms with van der Waals surface area (Å²) in [6.45, 7) is 5.17. The van der Waals surface area contributed by atoms with Crippen LogP contribution in [0, 0.1) is 31.1 Å². The van der Waals surface area contributed by atoms with E-state index in [4.69, 9.17) is 5.41 Å². The number of nitrogens with one attached hydrogen (secondary N) is 5. The van der Waals surface area contributed by atoms with Gasteiger partial charge >= 0.3 is 6.18 Å². The first-order chi connectivity index (χ1) is 21.1. The second kappa shape index (κ2) is 13.1. The number of allylic oxidation sites excluding steroid dienone is 1. The molecule has 0 spiro atoms. The monoisotopic (exact) mass is 599 g/mol. The fourth-order valence-corrected chi connectivity index (χ4v) is 4.90. The van der Waals surface area contributed by atoms with Crippen LogP contribution in [0.25, 0.3) is 5.65 Å². The average Bonchev–Trinajstić information content (AvgIpc) is 3.43. The summed E-state index contributed by atoms with van der Waals surface area (Å²) in [6, 6.07) is 12.8. The quantitative estimate of drug-likeness (QED) is 0.135. The number of halogens is 3. The Balaban J connectivity index is 1.34. The van der Waals surface area contributed by atoms with Crippen molar-refractivity contribution in [2.24, 2.45) is 0 Å². The van der Waals surface area contributed by atoms with Crippen molar-refractivity contribution in [1.82, 2.24) is 20.0 Å². The number of piperidine rings is 1.